The van der Waals surface area contributed by atoms with Gasteiger partial charge in [0.1, 0.15) is 5.02 Å². The molecule has 0 aromatic heterocycles. The van der Waals surface area contributed by atoms with Gasteiger partial charge in [-0.25, -0.2) is 0 Å². The summed E-state index contributed by atoms with van der Waals surface area (Å²) in [7, 11) is 0. The van der Waals surface area contributed by atoms with Crippen LogP contribution in [0.3, 0.4) is 0 Å². The summed E-state index contributed by atoms with van der Waals surface area (Å²) in [5, 5.41) is 19.3. The van der Waals surface area contributed by atoms with Crippen molar-refractivity contribution in [1.29, 1.82) is 0 Å². The highest BCUT2D eigenvalue weighted by Crippen LogP contribution is 2.29. The van der Waals surface area contributed by atoms with Crippen LogP contribution in [0.1, 0.15) is 48.0 Å². The number of unbranched alkanes of at least 4 members (excludes halogenated alkanes) is 3. The summed E-state index contributed by atoms with van der Waals surface area (Å²) >= 11 is 5.84. The van der Waals surface area contributed by atoms with Crippen LogP contribution in [0, 0.1) is 10.1 Å². The van der Waals surface area contributed by atoms with E-state index in [1.54, 1.807) is 0 Å². The molecule has 0 saturated heterocycles. The maximum absolute atomic E-state index is 10.9. The number of hydrogen-bond acceptors (Lipinski definition) is 4. The lowest BCUT2D eigenvalue weighted by Gasteiger charge is -2.05. The van der Waals surface area contributed by atoms with E-state index in [2.05, 4.69) is 0 Å². The molecule has 0 amide bonds. The van der Waals surface area contributed by atoms with Gasteiger partial charge in [-0.1, -0.05) is 24.4 Å². The Labute approximate surface area is 126 Å². The molecule has 21 heavy (non-hydrogen) atoms. The van der Waals surface area contributed by atoms with Crippen molar-refractivity contribution in [1.82, 2.24) is 0 Å². The number of rotatable bonds is 9. The van der Waals surface area contributed by atoms with Crippen molar-refractivity contribution in [3.63, 3.8) is 0 Å². The second-order valence-corrected chi connectivity index (χ2v) is 5.11. The summed E-state index contributed by atoms with van der Waals surface area (Å²) in [4.78, 5) is 31.4. The van der Waals surface area contributed by atoms with E-state index in [-0.39, 0.29) is 22.7 Å². The summed E-state index contributed by atoms with van der Waals surface area (Å²) in [6, 6.07) is 2.98. The SMILES string of the molecule is O=Cc1cc(CCCCCCC(=O)O)cc(Cl)c1[N+](=O)[O-]. The van der Waals surface area contributed by atoms with E-state index in [0.717, 1.165) is 24.8 Å². The molecule has 6 nitrogen and oxygen atoms in total. The number of carbonyl (C=O) groups is 2. The van der Waals surface area contributed by atoms with Gasteiger partial charge in [-0.05, 0) is 37.0 Å². The molecule has 0 radical (unpaired) electrons. The fraction of sp³-hybridized carbons (Fsp3) is 0.429. The van der Waals surface area contributed by atoms with E-state index in [1.165, 1.54) is 12.1 Å². The second kappa shape index (κ2) is 8.36. The summed E-state index contributed by atoms with van der Waals surface area (Å²) < 4.78 is 0. The smallest absolute Gasteiger partial charge is 0.303 e. The lowest BCUT2D eigenvalue weighted by Crippen LogP contribution is -1.98. The highest BCUT2D eigenvalue weighted by Gasteiger charge is 2.19. The van der Waals surface area contributed by atoms with E-state index in [0.29, 0.717) is 19.1 Å². The van der Waals surface area contributed by atoms with Crippen molar-refractivity contribution in [3.05, 3.63) is 38.4 Å². The highest BCUT2D eigenvalue weighted by atomic mass is 35.5. The third kappa shape index (κ3) is 5.51. The first kappa shape index (κ1) is 17.1. The number of halogens is 1. The number of nitro benzene ring substituents is 1. The average Bonchev–Trinajstić information content (AvgIpc) is 2.41. The summed E-state index contributed by atoms with van der Waals surface area (Å²) in [6.45, 7) is 0. The molecule has 0 aliphatic heterocycles. The molecule has 0 atom stereocenters. The number of benzene rings is 1. The van der Waals surface area contributed by atoms with Gasteiger partial charge >= 0.3 is 5.97 Å². The molecule has 1 rings (SSSR count). The number of aldehydes is 1. The van der Waals surface area contributed by atoms with Crippen molar-refractivity contribution in [2.75, 3.05) is 0 Å². The van der Waals surface area contributed by atoms with Gasteiger partial charge in [-0.3, -0.25) is 19.7 Å². The number of aliphatic carboxylic acids is 1. The highest BCUT2D eigenvalue weighted by molar-refractivity contribution is 6.33. The molecule has 1 N–H and O–H groups in total. The molecular weight excluding hydrogens is 298 g/mol. The van der Waals surface area contributed by atoms with Crippen LogP contribution in [-0.4, -0.2) is 22.3 Å². The van der Waals surface area contributed by atoms with Gasteiger partial charge in [-0.2, -0.15) is 0 Å². The Morgan fingerprint density at radius 1 is 1.29 bits per heavy atom. The number of carboxylic acid groups (broad SMARTS) is 1. The molecule has 1 aromatic rings. The molecule has 0 spiro atoms. The molecule has 0 saturated carbocycles. The maximum Gasteiger partial charge on any atom is 0.303 e. The number of nitrogens with zero attached hydrogens (tertiary/aromatic N) is 1. The Morgan fingerprint density at radius 3 is 2.52 bits per heavy atom. The predicted octanol–water partition coefficient (Wildman–Crippen LogP) is 3.64. The first-order valence-electron chi connectivity index (χ1n) is 6.59. The lowest BCUT2D eigenvalue weighted by molar-refractivity contribution is -0.384. The third-order valence-electron chi connectivity index (χ3n) is 3.07. The van der Waals surface area contributed by atoms with E-state index in [4.69, 9.17) is 16.7 Å². The molecular formula is C14H16ClNO5. The first-order chi connectivity index (χ1) is 9.95. The molecule has 0 aliphatic rings. The summed E-state index contributed by atoms with van der Waals surface area (Å²) in [5.41, 5.74) is 0.385. The second-order valence-electron chi connectivity index (χ2n) is 4.70. The Hall–Kier alpha value is -1.95. The van der Waals surface area contributed by atoms with Crippen molar-refractivity contribution < 1.29 is 19.6 Å². The minimum absolute atomic E-state index is 0.0200. The van der Waals surface area contributed by atoms with Crippen LogP contribution >= 0.6 is 11.6 Å². The van der Waals surface area contributed by atoms with Crippen LogP contribution in [0.5, 0.6) is 0 Å². The van der Waals surface area contributed by atoms with E-state index in [1.807, 2.05) is 0 Å². The van der Waals surface area contributed by atoms with Crippen LogP contribution in [-0.2, 0) is 11.2 Å². The standard InChI is InChI=1S/C14H16ClNO5/c15-12-8-10(5-3-1-2-4-6-13(18)19)7-11(9-17)14(12)16(20)21/h7-9H,1-6H2,(H,18,19). The van der Waals surface area contributed by atoms with E-state index in [9.17, 15) is 19.7 Å². The predicted molar refractivity (Wildman–Crippen MR) is 77.9 cm³/mol. The van der Waals surface area contributed by atoms with Crippen molar-refractivity contribution in [2.24, 2.45) is 0 Å². The van der Waals surface area contributed by atoms with E-state index >= 15 is 0 Å². The quantitative estimate of drug-likeness (QED) is 0.325. The largest absolute Gasteiger partial charge is 0.481 e. The Bertz CT molecular complexity index is 544. The number of carbonyl (C=O) groups excluding carboxylic acids is 1. The van der Waals surface area contributed by atoms with Crippen LogP contribution < -0.4 is 0 Å². The fourth-order valence-electron chi connectivity index (χ4n) is 2.06. The van der Waals surface area contributed by atoms with Gasteiger partial charge in [0, 0.05) is 6.42 Å². The number of carboxylic acids is 1. The zero-order chi connectivity index (χ0) is 15.8. The average molecular weight is 314 g/mol. The summed E-state index contributed by atoms with van der Waals surface area (Å²) in [5.74, 6) is -0.798. The molecule has 114 valence electrons. The van der Waals surface area contributed by atoms with Crippen LogP contribution in [0.4, 0.5) is 5.69 Å². The minimum atomic E-state index is -0.798. The van der Waals surface area contributed by atoms with Gasteiger partial charge in [0.15, 0.2) is 6.29 Å². The monoisotopic (exact) mass is 313 g/mol. The first-order valence-corrected chi connectivity index (χ1v) is 6.97. The molecule has 0 fully saturated rings. The number of aryl methyl sites for hydroxylation is 1. The molecule has 1 aromatic carbocycles. The normalized spacial score (nSPS) is 10.3. The zero-order valence-corrected chi connectivity index (χ0v) is 12.1. The fourth-order valence-corrected chi connectivity index (χ4v) is 2.38. The Kier molecular flexibility index (Phi) is 6.81. The summed E-state index contributed by atoms with van der Waals surface area (Å²) in [6.07, 6.45) is 4.36. The van der Waals surface area contributed by atoms with Crippen LogP contribution in [0.15, 0.2) is 12.1 Å². The molecule has 7 heteroatoms. The van der Waals surface area contributed by atoms with Crippen LogP contribution in [0.25, 0.3) is 0 Å². The van der Waals surface area contributed by atoms with Crippen molar-refractivity contribution >= 4 is 29.5 Å². The third-order valence-corrected chi connectivity index (χ3v) is 3.36. The molecule has 0 bridgehead atoms. The Balaban J connectivity index is 2.57. The molecule has 0 unspecified atom stereocenters. The zero-order valence-electron chi connectivity index (χ0n) is 11.4. The molecule has 0 heterocycles. The van der Waals surface area contributed by atoms with Gasteiger partial charge in [0.25, 0.3) is 5.69 Å². The number of hydrogen-bond donors (Lipinski definition) is 1. The van der Waals surface area contributed by atoms with Crippen LogP contribution in [0.2, 0.25) is 5.02 Å². The lowest BCUT2D eigenvalue weighted by atomic mass is 10.0. The van der Waals surface area contributed by atoms with Gasteiger partial charge in [0.05, 0.1) is 10.5 Å². The topological polar surface area (TPSA) is 97.5 Å². The number of nitro groups is 1. The minimum Gasteiger partial charge on any atom is -0.481 e. The molecule has 0 aliphatic carbocycles. The maximum atomic E-state index is 10.9. The van der Waals surface area contributed by atoms with E-state index < -0.39 is 10.9 Å². The Morgan fingerprint density at radius 2 is 1.95 bits per heavy atom. The van der Waals surface area contributed by atoms with Gasteiger partial charge < -0.3 is 5.11 Å². The van der Waals surface area contributed by atoms with Crippen molar-refractivity contribution in [3.8, 4) is 0 Å². The van der Waals surface area contributed by atoms with Crippen molar-refractivity contribution in [2.45, 2.75) is 38.5 Å². The van der Waals surface area contributed by atoms with Gasteiger partial charge in [-0.15, -0.1) is 0 Å². The van der Waals surface area contributed by atoms with Gasteiger partial charge in [0.2, 0.25) is 0 Å².